The number of aryl methyl sites for hydroxylation is 1. The molecule has 0 aliphatic heterocycles. The fraction of sp³-hybridized carbons (Fsp3) is 0.158. The summed E-state index contributed by atoms with van der Waals surface area (Å²) in [5, 5.41) is 13.2. The van der Waals surface area contributed by atoms with E-state index in [4.69, 9.17) is 4.74 Å². The van der Waals surface area contributed by atoms with Crippen LogP contribution >= 0.6 is 24.8 Å². The topological polar surface area (TPSA) is 65.2 Å². The Bertz CT molecular complexity index is 993. The highest BCUT2D eigenvalue weighted by Crippen LogP contribution is 2.22. The molecule has 1 aromatic carbocycles. The molecule has 0 atom stereocenters. The van der Waals surface area contributed by atoms with Crippen LogP contribution in [0.2, 0.25) is 0 Å². The monoisotopic (exact) mass is 403 g/mol. The van der Waals surface area contributed by atoms with Crippen molar-refractivity contribution in [3.63, 3.8) is 0 Å². The standard InChI is InChI=1S/C19H17N5O.2ClH/c1-2-14-12-17-21-22-18(15-8-4-3-5-9-15)24(17)23-19(14)25-13-16-10-6-7-11-20-16;;/h3-12H,2,13H2,1H3;2*1H. The molecule has 0 N–H and O–H groups in total. The summed E-state index contributed by atoms with van der Waals surface area (Å²) in [6.07, 6.45) is 2.55. The number of halogens is 2. The number of pyridine rings is 1. The van der Waals surface area contributed by atoms with E-state index in [9.17, 15) is 0 Å². The number of ether oxygens (including phenoxy) is 1. The largest absolute Gasteiger partial charge is 0.470 e. The van der Waals surface area contributed by atoms with Crippen molar-refractivity contribution >= 4 is 30.5 Å². The summed E-state index contributed by atoms with van der Waals surface area (Å²) < 4.78 is 7.66. The normalized spacial score (nSPS) is 10.1. The zero-order valence-electron chi connectivity index (χ0n) is 14.6. The quantitative estimate of drug-likeness (QED) is 0.500. The summed E-state index contributed by atoms with van der Waals surface area (Å²) in [7, 11) is 0. The van der Waals surface area contributed by atoms with Crippen LogP contribution in [-0.4, -0.2) is 24.8 Å². The second-order valence-electron chi connectivity index (χ2n) is 5.60. The van der Waals surface area contributed by atoms with E-state index >= 15 is 0 Å². The molecule has 0 spiro atoms. The minimum atomic E-state index is 0. The molecule has 0 aliphatic carbocycles. The van der Waals surface area contributed by atoms with Gasteiger partial charge in [0.2, 0.25) is 5.88 Å². The Morgan fingerprint density at radius 1 is 0.963 bits per heavy atom. The highest BCUT2D eigenvalue weighted by atomic mass is 35.5. The fourth-order valence-corrected chi connectivity index (χ4v) is 2.62. The minimum absolute atomic E-state index is 0. The second kappa shape index (κ2) is 9.30. The Morgan fingerprint density at radius 3 is 2.44 bits per heavy atom. The Labute approximate surface area is 169 Å². The summed E-state index contributed by atoms with van der Waals surface area (Å²) in [6.45, 7) is 2.44. The van der Waals surface area contributed by atoms with Gasteiger partial charge in [-0.2, -0.15) is 4.52 Å². The third-order valence-electron chi connectivity index (χ3n) is 3.93. The SMILES string of the molecule is CCc1cc2nnc(-c3ccccc3)n2nc1OCc1ccccn1.Cl.Cl. The molecule has 3 aromatic heterocycles. The average Bonchev–Trinajstić information content (AvgIpc) is 3.10. The van der Waals surface area contributed by atoms with Gasteiger partial charge in [0.05, 0.1) is 5.69 Å². The number of hydrogen-bond donors (Lipinski definition) is 0. The van der Waals surface area contributed by atoms with Crippen molar-refractivity contribution < 1.29 is 4.74 Å². The van der Waals surface area contributed by atoms with Crippen molar-refractivity contribution in [2.45, 2.75) is 20.0 Å². The molecule has 0 radical (unpaired) electrons. The zero-order chi connectivity index (χ0) is 17.1. The molecule has 0 saturated carbocycles. The lowest BCUT2D eigenvalue weighted by molar-refractivity contribution is 0.281. The summed E-state index contributed by atoms with van der Waals surface area (Å²) in [4.78, 5) is 4.28. The Balaban J connectivity index is 0.00000131. The molecule has 4 rings (SSSR count). The van der Waals surface area contributed by atoms with Crippen LogP contribution in [0.25, 0.3) is 17.0 Å². The third-order valence-corrected chi connectivity index (χ3v) is 3.93. The summed E-state index contributed by atoms with van der Waals surface area (Å²) >= 11 is 0. The summed E-state index contributed by atoms with van der Waals surface area (Å²) in [5.41, 5.74) is 3.53. The van der Waals surface area contributed by atoms with Gasteiger partial charge < -0.3 is 4.74 Å². The number of rotatable bonds is 5. The maximum atomic E-state index is 5.93. The zero-order valence-corrected chi connectivity index (χ0v) is 16.3. The molecule has 140 valence electrons. The summed E-state index contributed by atoms with van der Waals surface area (Å²) in [6, 6.07) is 17.6. The van der Waals surface area contributed by atoms with Gasteiger partial charge >= 0.3 is 0 Å². The molecule has 4 aromatic rings. The summed E-state index contributed by atoms with van der Waals surface area (Å²) in [5.74, 6) is 1.28. The van der Waals surface area contributed by atoms with Crippen LogP contribution in [0, 0.1) is 0 Å². The van der Waals surface area contributed by atoms with Gasteiger partial charge in [-0.1, -0.05) is 43.3 Å². The lowest BCUT2D eigenvalue weighted by Crippen LogP contribution is -2.06. The molecule has 0 unspecified atom stereocenters. The molecule has 6 nitrogen and oxygen atoms in total. The first-order valence-electron chi connectivity index (χ1n) is 8.18. The van der Waals surface area contributed by atoms with Gasteiger partial charge in [0.1, 0.15) is 6.61 Å². The molecule has 27 heavy (non-hydrogen) atoms. The van der Waals surface area contributed by atoms with Gasteiger partial charge in [0, 0.05) is 17.3 Å². The number of nitrogens with zero attached hydrogens (tertiary/aromatic N) is 5. The van der Waals surface area contributed by atoms with Gasteiger partial charge in [0.15, 0.2) is 11.5 Å². The van der Waals surface area contributed by atoms with E-state index in [1.165, 1.54) is 0 Å². The number of benzene rings is 1. The number of fused-ring (bicyclic) bond motifs is 1. The molecule has 3 heterocycles. The maximum absolute atomic E-state index is 5.93. The first kappa shape index (κ1) is 20.6. The third kappa shape index (κ3) is 4.35. The molecule has 0 fully saturated rings. The van der Waals surface area contributed by atoms with Crippen molar-refractivity contribution in [3.05, 3.63) is 72.1 Å². The van der Waals surface area contributed by atoms with E-state index in [0.29, 0.717) is 24.0 Å². The van der Waals surface area contributed by atoms with E-state index in [1.54, 1.807) is 10.7 Å². The molecular weight excluding hydrogens is 385 g/mol. The Morgan fingerprint density at radius 2 is 1.74 bits per heavy atom. The Hall–Kier alpha value is -2.70. The molecule has 0 saturated heterocycles. The van der Waals surface area contributed by atoms with Crippen molar-refractivity contribution in [2.24, 2.45) is 0 Å². The molecule has 0 amide bonds. The first-order valence-corrected chi connectivity index (χ1v) is 8.18. The van der Waals surface area contributed by atoms with Crippen molar-refractivity contribution in [2.75, 3.05) is 0 Å². The molecule has 0 aliphatic rings. The van der Waals surface area contributed by atoms with Crippen LogP contribution < -0.4 is 4.74 Å². The van der Waals surface area contributed by atoms with E-state index in [2.05, 4.69) is 27.2 Å². The van der Waals surface area contributed by atoms with Crippen LogP contribution in [0.3, 0.4) is 0 Å². The van der Waals surface area contributed by atoms with Crippen molar-refractivity contribution in [3.8, 4) is 17.3 Å². The lowest BCUT2D eigenvalue weighted by Gasteiger charge is -2.10. The van der Waals surface area contributed by atoms with Crippen LogP contribution in [0.5, 0.6) is 5.88 Å². The van der Waals surface area contributed by atoms with E-state index in [-0.39, 0.29) is 24.8 Å². The second-order valence-corrected chi connectivity index (χ2v) is 5.60. The van der Waals surface area contributed by atoms with Crippen LogP contribution in [0.4, 0.5) is 0 Å². The van der Waals surface area contributed by atoms with Crippen LogP contribution in [0.1, 0.15) is 18.2 Å². The molecular formula is C19H19Cl2N5O. The van der Waals surface area contributed by atoms with E-state index < -0.39 is 0 Å². The van der Waals surface area contributed by atoms with Gasteiger partial charge in [-0.25, -0.2) is 0 Å². The van der Waals surface area contributed by atoms with Crippen molar-refractivity contribution in [1.29, 1.82) is 0 Å². The van der Waals surface area contributed by atoms with Gasteiger partial charge in [-0.15, -0.1) is 40.1 Å². The van der Waals surface area contributed by atoms with Gasteiger partial charge in [-0.3, -0.25) is 4.98 Å². The predicted molar refractivity (Wildman–Crippen MR) is 109 cm³/mol. The van der Waals surface area contributed by atoms with Crippen LogP contribution in [0.15, 0.2) is 60.8 Å². The predicted octanol–water partition coefficient (Wildman–Crippen LogP) is 4.17. The highest BCUT2D eigenvalue weighted by molar-refractivity contribution is 5.85. The Kier molecular flexibility index (Phi) is 7.10. The number of hydrogen-bond acceptors (Lipinski definition) is 5. The molecule has 8 heteroatoms. The molecule has 0 bridgehead atoms. The van der Waals surface area contributed by atoms with Crippen molar-refractivity contribution in [1.82, 2.24) is 24.8 Å². The highest BCUT2D eigenvalue weighted by Gasteiger charge is 2.14. The smallest absolute Gasteiger partial charge is 0.235 e. The average molecular weight is 404 g/mol. The van der Waals surface area contributed by atoms with Crippen LogP contribution in [-0.2, 0) is 13.0 Å². The maximum Gasteiger partial charge on any atom is 0.235 e. The van der Waals surface area contributed by atoms with Gasteiger partial charge in [-0.05, 0) is 24.6 Å². The number of aromatic nitrogens is 5. The minimum Gasteiger partial charge on any atom is -0.470 e. The van der Waals surface area contributed by atoms with Gasteiger partial charge in [0.25, 0.3) is 0 Å². The lowest BCUT2D eigenvalue weighted by atomic mass is 10.2. The first-order chi connectivity index (χ1) is 12.3. The van der Waals surface area contributed by atoms with E-state index in [0.717, 1.165) is 23.2 Å². The van der Waals surface area contributed by atoms with E-state index in [1.807, 2.05) is 54.6 Å². The fourth-order valence-electron chi connectivity index (χ4n) is 2.62.